The van der Waals surface area contributed by atoms with E-state index in [1.807, 2.05) is 50.1 Å². The van der Waals surface area contributed by atoms with Gasteiger partial charge >= 0.3 is 0 Å². The van der Waals surface area contributed by atoms with Crippen molar-refractivity contribution in [1.29, 1.82) is 0 Å². The summed E-state index contributed by atoms with van der Waals surface area (Å²) in [5, 5.41) is 3.00. The first-order valence-corrected chi connectivity index (χ1v) is 7.65. The summed E-state index contributed by atoms with van der Waals surface area (Å²) in [6, 6.07) is 7.82. The maximum absolute atomic E-state index is 12.1. The number of nitrogens with two attached hydrogens (primary N) is 1. The smallest absolute Gasteiger partial charge is 0.237 e. The van der Waals surface area contributed by atoms with Gasteiger partial charge in [-0.05, 0) is 38.9 Å². The van der Waals surface area contributed by atoms with Gasteiger partial charge in [0.15, 0.2) is 0 Å². The Morgan fingerprint density at radius 1 is 1.43 bits per heavy atom. The van der Waals surface area contributed by atoms with Crippen LogP contribution in [0.3, 0.4) is 0 Å². The Morgan fingerprint density at radius 3 is 2.67 bits per heavy atom. The van der Waals surface area contributed by atoms with Crippen molar-refractivity contribution < 1.29 is 4.79 Å². The molecule has 2 atom stereocenters. The first-order chi connectivity index (χ1) is 9.85. The van der Waals surface area contributed by atoms with Crippen LogP contribution in [0.1, 0.15) is 38.3 Å². The van der Waals surface area contributed by atoms with E-state index in [9.17, 15) is 4.79 Å². The summed E-state index contributed by atoms with van der Waals surface area (Å²) in [5.74, 6) is 0.0531. The van der Waals surface area contributed by atoms with Crippen LogP contribution in [-0.4, -0.2) is 34.9 Å². The van der Waals surface area contributed by atoms with E-state index in [0.717, 1.165) is 17.5 Å². The minimum Gasteiger partial charge on any atom is -0.389 e. The predicted octanol–water partition coefficient (Wildman–Crippen LogP) is 2.06. The second-order valence-corrected chi connectivity index (χ2v) is 5.91. The predicted molar refractivity (Wildman–Crippen MR) is 91.2 cm³/mol. The molecule has 0 aliphatic rings. The van der Waals surface area contributed by atoms with Gasteiger partial charge in [0.25, 0.3) is 0 Å². The lowest BCUT2D eigenvalue weighted by molar-refractivity contribution is -0.126. The number of benzene rings is 1. The van der Waals surface area contributed by atoms with Gasteiger partial charge in [-0.3, -0.25) is 9.69 Å². The molecule has 0 aliphatic heterocycles. The van der Waals surface area contributed by atoms with Crippen molar-refractivity contribution in [3.8, 4) is 0 Å². The van der Waals surface area contributed by atoms with E-state index in [1.54, 1.807) is 0 Å². The number of rotatable bonds is 7. The molecule has 116 valence electrons. The summed E-state index contributed by atoms with van der Waals surface area (Å²) in [5.41, 5.74) is 7.59. The molecule has 0 bridgehead atoms. The number of nitrogens with one attached hydrogen (secondary N) is 1. The third kappa shape index (κ3) is 5.44. The van der Waals surface area contributed by atoms with Gasteiger partial charge in [0.2, 0.25) is 5.91 Å². The monoisotopic (exact) mass is 307 g/mol. The molecule has 2 unspecified atom stereocenters. The Labute approximate surface area is 132 Å². The van der Waals surface area contributed by atoms with E-state index in [-0.39, 0.29) is 18.0 Å². The van der Waals surface area contributed by atoms with Crippen molar-refractivity contribution in [3.05, 3.63) is 35.4 Å². The third-order valence-corrected chi connectivity index (χ3v) is 3.92. The first-order valence-electron chi connectivity index (χ1n) is 7.24. The lowest BCUT2D eigenvalue weighted by atomic mass is 10.1. The van der Waals surface area contributed by atoms with Gasteiger partial charge in [-0.1, -0.05) is 37.3 Å². The molecule has 3 N–H and O–H groups in total. The number of amides is 1. The van der Waals surface area contributed by atoms with Gasteiger partial charge in [0.05, 0.1) is 6.04 Å². The fraction of sp³-hybridized carbons (Fsp3) is 0.500. The first kappa shape index (κ1) is 17.6. The second-order valence-electron chi connectivity index (χ2n) is 5.47. The molecule has 1 rings (SSSR count). The van der Waals surface area contributed by atoms with E-state index >= 15 is 0 Å². The molecule has 1 amide bonds. The number of carbonyl (C=O) groups excluding carboxylic acids is 1. The molecule has 0 spiro atoms. The summed E-state index contributed by atoms with van der Waals surface area (Å²) in [6.07, 6.45) is 0.929. The van der Waals surface area contributed by atoms with Crippen molar-refractivity contribution in [2.45, 2.75) is 45.8 Å². The SMILES string of the molecule is CCC(C)NC(=O)C(C)N(C)Cc1cccc(C(N)=S)c1. The standard InChI is InChI=1S/C16H25N3OS/c1-5-11(2)18-16(20)12(3)19(4)10-13-7-6-8-14(9-13)15(17)21/h6-9,11-12H,5,10H2,1-4H3,(H2,17,21)(H,18,20). The van der Waals surface area contributed by atoms with Crippen LogP contribution in [0, 0.1) is 0 Å². The normalized spacial score (nSPS) is 13.8. The van der Waals surface area contributed by atoms with E-state index in [0.29, 0.717) is 11.5 Å². The maximum atomic E-state index is 12.1. The van der Waals surface area contributed by atoms with Crippen LogP contribution in [-0.2, 0) is 11.3 Å². The molecular formula is C16H25N3OS. The largest absolute Gasteiger partial charge is 0.389 e. The van der Waals surface area contributed by atoms with E-state index in [1.165, 1.54) is 0 Å². The minimum absolute atomic E-state index is 0.0531. The van der Waals surface area contributed by atoms with Gasteiger partial charge in [-0.15, -0.1) is 0 Å². The number of nitrogens with zero attached hydrogens (tertiary/aromatic N) is 1. The van der Waals surface area contributed by atoms with Gasteiger partial charge in [-0.25, -0.2) is 0 Å². The van der Waals surface area contributed by atoms with Crippen LogP contribution in [0.15, 0.2) is 24.3 Å². The van der Waals surface area contributed by atoms with Crippen LogP contribution in [0.25, 0.3) is 0 Å². The van der Waals surface area contributed by atoms with Crippen molar-refractivity contribution >= 4 is 23.1 Å². The highest BCUT2D eigenvalue weighted by atomic mass is 32.1. The zero-order valence-corrected chi connectivity index (χ0v) is 14.0. The fourth-order valence-electron chi connectivity index (χ4n) is 1.91. The van der Waals surface area contributed by atoms with Crippen molar-refractivity contribution in [1.82, 2.24) is 10.2 Å². The lowest BCUT2D eigenvalue weighted by Crippen LogP contribution is -2.45. The third-order valence-electron chi connectivity index (χ3n) is 3.69. The number of thiocarbonyl (C=S) groups is 1. The highest BCUT2D eigenvalue weighted by Crippen LogP contribution is 2.10. The molecular weight excluding hydrogens is 282 g/mol. The topological polar surface area (TPSA) is 58.4 Å². The van der Waals surface area contributed by atoms with Crippen LogP contribution in [0.2, 0.25) is 0 Å². The van der Waals surface area contributed by atoms with Crippen LogP contribution >= 0.6 is 12.2 Å². The average Bonchev–Trinajstić information content (AvgIpc) is 2.46. The summed E-state index contributed by atoms with van der Waals surface area (Å²) in [7, 11) is 1.94. The molecule has 21 heavy (non-hydrogen) atoms. The quantitative estimate of drug-likeness (QED) is 0.757. The van der Waals surface area contributed by atoms with E-state index in [2.05, 4.69) is 12.2 Å². The molecule has 1 aromatic rings. The van der Waals surface area contributed by atoms with Gasteiger partial charge in [0.1, 0.15) is 4.99 Å². The number of carbonyl (C=O) groups is 1. The number of hydrogen-bond acceptors (Lipinski definition) is 3. The zero-order chi connectivity index (χ0) is 16.0. The summed E-state index contributed by atoms with van der Waals surface area (Å²) in [6.45, 7) is 6.65. The molecule has 1 aromatic carbocycles. The van der Waals surface area contributed by atoms with Gasteiger partial charge < -0.3 is 11.1 Å². The van der Waals surface area contributed by atoms with Crippen molar-refractivity contribution in [3.63, 3.8) is 0 Å². The Kier molecular flexibility index (Phi) is 6.78. The van der Waals surface area contributed by atoms with E-state index < -0.39 is 0 Å². The van der Waals surface area contributed by atoms with Crippen LogP contribution in [0.4, 0.5) is 0 Å². The van der Waals surface area contributed by atoms with Crippen LogP contribution < -0.4 is 11.1 Å². The second kappa shape index (κ2) is 8.10. The summed E-state index contributed by atoms with van der Waals surface area (Å²) >= 11 is 4.99. The summed E-state index contributed by atoms with van der Waals surface area (Å²) in [4.78, 5) is 14.5. The van der Waals surface area contributed by atoms with Crippen molar-refractivity contribution in [2.24, 2.45) is 5.73 Å². The maximum Gasteiger partial charge on any atom is 0.237 e. The highest BCUT2D eigenvalue weighted by Gasteiger charge is 2.19. The fourth-order valence-corrected chi connectivity index (χ4v) is 2.04. The molecule has 0 aliphatic carbocycles. The van der Waals surface area contributed by atoms with Crippen molar-refractivity contribution in [2.75, 3.05) is 7.05 Å². The molecule has 0 saturated heterocycles. The molecule has 4 nitrogen and oxygen atoms in total. The summed E-state index contributed by atoms with van der Waals surface area (Å²) < 4.78 is 0. The highest BCUT2D eigenvalue weighted by molar-refractivity contribution is 7.80. The molecule has 0 aromatic heterocycles. The number of likely N-dealkylation sites (N-methyl/N-ethyl adjacent to an activating group) is 1. The van der Waals surface area contributed by atoms with Gasteiger partial charge in [0, 0.05) is 18.2 Å². The van der Waals surface area contributed by atoms with E-state index in [4.69, 9.17) is 18.0 Å². The molecule has 0 fully saturated rings. The molecule has 5 heteroatoms. The Hall–Kier alpha value is -1.46. The Bertz CT molecular complexity index is 504. The minimum atomic E-state index is -0.188. The average molecular weight is 307 g/mol. The van der Waals surface area contributed by atoms with Crippen LogP contribution in [0.5, 0.6) is 0 Å². The van der Waals surface area contributed by atoms with Gasteiger partial charge in [-0.2, -0.15) is 0 Å². The molecule has 0 saturated carbocycles. The lowest BCUT2D eigenvalue weighted by Gasteiger charge is -2.25. The zero-order valence-electron chi connectivity index (χ0n) is 13.2. The molecule has 0 heterocycles. The molecule has 0 radical (unpaired) electrons. The Balaban J connectivity index is 2.67. The Morgan fingerprint density at radius 2 is 2.10 bits per heavy atom. The number of hydrogen-bond donors (Lipinski definition) is 2.